The van der Waals surface area contributed by atoms with Crippen molar-refractivity contribution in [1.82, 2.24) is 10.4 Å². The van der Waals surface area contributed by atoms with Gasteiger partial charge in [-0.15, -0.1) is 13.2 Å². The highest BCUT2D eigenvalue weighted by Gasteiger charge is 2.32. The Kier molecular flexibility index (Phi) is 8.12. The number of piperidine rings is 1. The normalized spacial score (nSPS) is 17.8. The zero-order valence-corrected chi connectivity index (χ0v) is 18.4. The van der Waals surface area contributed by atoms with E-state index in [2.05, 4.69) is 20.1 Å². The number of hydrogen-bond acceptors (Lipinski definition) is 6. The van der Waals surface area contributed by atoms with E-state index in [0.29, 0.717) is 38.3 Å². The number of hydrogen-bond donors (Lipinski definition) is 1. The van der Waals surface area contributed by atoms with E-state index in [0.717, 1.165) is 11.3 Å². The van der Waals surface area contributed by atoms with Gasteiger partial charge in [0.15, 0.2) is 6.23 Å². The molecule has 1 aromatic rings. The average Bonchev–Trinajstić information content (AvgIpc) is 2.64. The fourth-order valence-corrected chi connectivity index (χ4v) is 4.55. The smallest absolute Gasteiger partial charge is 0.371 e. The van der Waals surface area contributed by atoms with Crippen LogP contribution in [0.4, 0.5) is 18.9 Å². The standard InChI is InChI=1S/C19H29F3N4O3S/c1-14(24-15(2)29-19(20,21)22)26(23-3)13-16-6-5-7-17(12-16)25-10-8-18(9-11-25)30(4,27)28/h5-7,12,15,18,23H,8-11,13H2,1-4H3/b24-14-. The maximum Gasteiger partial charge on any atom is 0.524 e. The fraction of sp³-hybridized carbons (Fsp3) is 0.632. The summed E-state index contributed by atoms with van der Waals surface area (Å²) in [6.45, 7) is 4.53. The molecule has 0 bridgehead atoms. The summed E-state index contributed by atoms with van der Waals surface area (Å²) < 4.78 is 64.4. The quantitative estimate of drug-likeness (QED) is 0.391. The fourth-order valence-electron chi connectivity index (χ4n) is 3.48. The van der Waals surface area contributed by atoms with Gasteiger partial charge in [-0.1, -0.05) is 12.1 Å². The predicted octanol–water partition coefficient (Wildman–Crippen LogP) is 2.94. The molecule has 1 saturated heterocycles. The number of ether oxygens (including phenoxy) is 1. The predicted molar refractivity (Wildman–Crippen MR) is 111 cm³/mol. The van der Waals surface area contributed by atoms with E-state index in [4.69, 9.17) is 0 Å². The third kappa shape index (κ3) is 7.44. The Labute approximate surface area is 175 Å². The minimum Gasteiger partial charge on any atom is -0.371 e. The number of amidine groups is 1. The van der Waals surface area contributed by atoms with Crippen LogP contribution in [-0.4, -0.2) is 63.5 Å². The number of aliphatic imine (C=N–C) groups is 1. The van der Waals surface area contributed by atoms with Gasteiger partial charge in [-0.2, -0.15) is 0 Å². The third-order valence-electron chi connectivity index (χ3n) is 5.00. The molecule has 0 aliphatic carbocycles. The van der Waals surface area contributed by atoms with Crippen molar-refractivity contribution in [3.8, 4) is 0 Å². The topological polar surface area (TPSA) is 74.2 Å². The van der Waals surface area contributed by atoms with E-state index in [9.17, 15) is 21.6 Å². The van der Waals surface area contributed by atoms with Crippen LogP contribution in [0.1, 0.15) is 32.3 Å². The highest BCUT2D eigenvalue weighted by Crippen LogP contribution is 2.24. The summed E-state index contributed by atoms with van der Waals surface area (Å²) in [5.74, 6) is 0.355. The van der Waals surface area contributed by atoms with Crippen molar-refractivity contribution >= 4 is 21.4 Å². The molecule has 0 amide bonds. The summed E-state index contributed by atoms with van der Waals surface area (Å²) in [5.41, 5.74) is 4.85. The Morgan fingerprint density at radius 3 is 2.53 bits per heavy atom. The highest BCUT2D eigenvalue weighted by molar-refractivity contribution is 7.91. The molecule has 11 heteroatoms. The van der Waals surface area contributed by atoms with Gasteiger partial charge in [0.25, 0.3) is 0 Å². The molecule has 1 aliphatic heterocycles. The maximum atomic E-state index is 12.3. The first-order valence-electron chi connectivity index (χ1n) is 9.65. The number of nitrogens with zero attached hydrogens (tertiary/aromatic N) is 3. The van der Waals surface area contributed by atoms with Gasteiger partial charge in [0.05, 0.1) is 11.8 Å². The Hall–Kier alpha value is -1.85. The van der Waals surface area contributed by atoms with Gasteiger partial charge in [-0.25, -0.2) is 18.8 Å². The molecule has 1 aromatic carbocycles. The zero-order valence-electron chi connectivity index (χ0n) is 17.6. The van der Waals surface area contributed by atoms with Crippen molar-refractivity contribution in [3.05, 3.63) is 29.8 Å². The second-order valence-electron chi connectivity index (χ2n) is 7.33. The van der Waals surface area contributed by atoms with Crippen molar-refractivity contribution in [3.63, 3.8) is 0 Å². The van der Waals surface area contributed by atoms with Gasteiger partial charge in [-0.3, -0.25) is 9.75 Å². The van der Waals surface area contributed by atoms with E-state index in [1.54, 1.807) is 19.0 Å². The first-order chi connectivity index (χ1) is 13.9. The van der Waals surface area contributed by atoms with Crippen LogP contribution >= 0.6 is 0 Å². The van der Waals surface area contributed by atoms with Gasteiger partial charge >= 0.3 is 6.36 Å². The Morgan fingerprint density at radius 1 is 1.37 bits per heavy atom. The molecule has 0 radical (unpaired) electrons. The first kappa shape index (κ1) is 24.4. The number of anilines is 1. The average molecular weight is 451 g/mol. The van der Waals surface area contributed by atoms with Gasteiger partial charge in [0, 0.05) is 32.1 Å². The molecule has 30 heavy (non-hydrogen) atoms. The van der Waals surface area contributed by atoms with Gasteiger partial charge in [0.2, 0.25) is 0 Å². The molecule has 170 valence electrons. The summed E-state index contributed by atoms with van der Waals surface area (Å²) in [4.78, 5) is 6.09. The summed E-state index contributed by atoms with van der Waals surface area (Å²) in [7, 11) is -1.36. The molecule has 2 rings (SSSR count). The molecule has 1 N–H and O–H groups in total. The van der Waals surface area contributed by atoms with Crippen LogP contribution < -0.4 is 10.3 Å². The molecular formula is C19H29F3N4O3S. The van der Waals surface area contributed by atoms with Crippen LogP contribution in [-0.2, 0) is 21.1 Å². The monoisotopic (exact) mass is 450 g/mol. The molecule has 1 fully saturated rings. The Bertz CT molecular complexity index is 838. The van der Waals surface area contributed by atoms with Crippen molar-refractivity contribution in [2.45, 2.75) is 51.1 Å². The lowest BCUT2D eigenvalue weighted by Crippen LogP contribution is -2.40. The van der Waals surface area contributed by atoms with Gasteiger partial charge in [-0.05, 0) is 44.4 Å². The molecule has 0 spiro atoms. The SMILES string of the molecule is CNN(Cc1cccc(N2CCC(S(C)(=O)=O)CC2)c1)/C(C)=N\C(C)OC(F)(F)F. The van der Waals surface area contributed by atoms with Crippen LogP contribution in [0.2, 0.25) is 0 Å². The molecule has 7 nitrogen and oxygen atoms in total. The molecule has 0 saturated carbocycles. The number of benzene rings is 1. The molecule has 1 unspecified atom stereocenters. The van der Waals surface area contributed by atoms with Gasteiger partial charge < -0.3 is 4.90 Å². The van der Waals surface area contributed by atoms with E-state index in [1.165, 1.54) is 13.2 Å². The lowest BCUT2D eigenvalue weighted by Gasteiger charge is -2.33. The summed E-state index contributed by atoms with van der Waals surface area (Å²) in [6.07, 6.45) is -3.64. The molecule has 1 heterocycles. The van der Waals surface area contributed by atoms with Crippen LogP contribution in [0.5, 0.6) is 0 Å². The summed E-state index contributed by atoms with van der Waals surface area (Å²) in [6, 6.07) is 7.78. The van der Waals surface area contributed by atoms with Gasteiger partial charge in [0.1, 0.15) is 15.7 Å². The molecular weight excluding hydrogens is 421 g/mol. The van der Waals surface area contributed by atoms with E-state index < -0.39 is 22.4 Å². The van der Waals surface area contributed by atoms with Crippen molar-refractivity contribution in [2.24, 2.45) is 4.99 Å². The second kappa shape index (κ2) is 9.97. The van der Waals surface area contributed by atoms with Crippen molar-refractivity contribution in [2.75, 3.05) is 31.3 Å². The van der Waals surface area contributed by atoms with E-state index >= 15 is 0 Å². The number of sulfone groups is 1. The number of nitrogens with one attached hydrogen (secondary N) is 1. The van der Waals surface area contributed by atoms with E-state index in [-0.39, 0.29) is 5.25 Å². The lowest BCUT2D eigenvalue weighted by molar-refractivity contribution is -0.339. The second-order valence-corrected chi connectivity index (χ2v) is 9.66. The summed E-state index contributed by atoms with van der Waals surface area (Å²) >= 11 is 0. The molecule has 1 atom stereocenters. The Balaban J connectivity index is 2.04. The number of halogens is 3. The minimum atomic E-state index is -4.74. The molecule has 1 aliphatic rings. The Morgan fingerprint density at radius 2 is 2.00 bits per heavy atom. The largest absolute Gasteiger partial charge is 0.524 e. The maximum absolute atomic E-state index is 12.3. The number of rotatable bonds is 7. The van der Waals surface area contributed by atoms with Crippen molar-refractivity contribution in [1.29, 1.82) is 0 Å². The van der Waals surface area contributed by atoms with Crippen LogP contribution in [0.25, 0.3) is 0 Å². The van der Waals surface area contributed by atoms with Crippen LogP contribution in [0.15, 0.2) is 29.3 Å². The molecule has 0 aromatic heterocycles. The minimum absolute atomic E-state index is 0.295. The van der Waals surface area contributed by atoms with Crippen molar-refractivity contribution < 1.29 is 26.3 Å². The van der Waals surface area contributed by atoms with Crippen LogP contribution in [0, 0.1) is 0 Å². The zero-order chi connectivity index (χ0) is 22.5. The van der Waals surface area contributed by atoms with E-state index in [1.807, 2.05) is 24.3 Å². The summed E-state index contributed by atoms with van der Waals surface area (Å²) in [5, 5.41) is 1.34. The lowest BCUT2D eigenvalue weighted by atomic mass is 10.1. The third-order valence-corrected chi connectivity index (χ3v) is 6.68. The van der Waals surface area contributed by atoms with Crippen LogP contribution in [0.3, 0.4) is 0 Å². The number of hydrazine groups is 1. The highest BCUT2D eigenvalue weighted by atomic mass is 32.2. The first-order valence-corrected chi connectivity index (χ1v) is 11.6. The number of alkyl halides is 3.